The Balaban J connectivity index is 1.23. The molecule has 0 aliphatic carbocycles. The van der Waals surface area contributed by atoms with Crippen molar-refractivity contribution in [3.05, 3.63) is 71.1 Å². The average molecular weight is 481 g/mol. The Labute approximate surface area is 202 Å². The van der Waals surface area contributed by atoms with Gasteiger partial charge in [-0.1, -0.05) is 37.3 Å². The number of aromatic nitrogens is 1. The Kier molecular flexibility index (Phi) is 7.74. The zero-order chi connectivity index (χ0) is 23.9. The zero-order valence-electron chi connectivity index (χ0n) is 19.0. The van der Waals surface area contributed by atoms with Gasteiger partial charge >= 0.3 is 0 Å². The van der Waals surface area contributed by atoms with E-state index in [2.05, 4.69) is 15.6 Å². The van der Waals surface area contributed by atoms with Gasteiger partial charge < -0.3 is 14.6 Å². The predicted octanol–water partition coefficient (Wildman–Crippen LogP) is 3.83. The number of amides is 3. The van der Waals surface area contributed by atoms with Gasteiger partial charge in [-0.05, 0) is 37.0 Å². The molecule has 3 heterocycles. The molecule has 1 aromatic carbocycles. The fraction of sp³-hybridized carbons (Fsp3) is 0.360. The first-order chi connectivity index (χ1) is 16.5. The van der Waals surface area contributed by atoms with E-state index in [4.69, 9.17) is 4.42 Å². The molecule has 34 heavy (non-hydrogen) atoms. The molecule has 9 heteroatoms. The van der Waals surface area contributed by atoms with Crippen molar-refractivity contribution in [2.24, 2.45) is 0 Å². The highest BCUT2D eigenvalue weighted by Crippen LogP contribution is 2.24. The van der Waals surface area contributed by atoms with Crippen LogP contribution in [0.1, 0.15) is 53.9 Å². The molecule has 1 saturated heterocycles. The van der Waals surface area contributed by atoms with E-state index in [1.165, 1.54) is 17.6 Å². The first-order valence-electron chi connectivity index (χ1n) is 11.5. The number of anilines is 1. The van der Waals surface area contributed by atoms with Gasteiger partial charge in [0.05, 0.1) is 24.3 Å². The lowest BCUT2D eigenvalue weighted by Gasteiger charge is -2.34. The molecule has 1 aliphatic heterocycles. The van der Waals surface area contributed by atoms with Crippen LogP contribution < -0.4 is 10.6 Å². The normalized spacial score (nSPS) is 15.0. The van der Waals surface area contributed by atoms with Crippen molar-refractivity contribution in [3.8, 4) is 0 Å². The second-order valence-corrected chi connectivity index (χ2v) is 9.15. The summed E-state index contributed by atoms with van der Waals surface area (Å²) in [6.45, 7) is 3.30. The van der Waals surface area contributed by atoms with Gasteiger partial charge in [0.15, 0.2) is 10.9 Å². The number of nitrogens with one attached hydrogen (secondary N) is 2. The molecule has 1 unspecified atom stereocenters. The number of thiazole rings is 1. The third-order valence-electron chi connectivity index (χ3n) is 5.94. The Bertz CT molecular complexity index is 1110. The van der Waals surface area contributed by atoms with Crippen LogP contribution in [0.4, 0.5) is 5.13 Å². The average Bonchev–Trinajstić information content (AvgIpc) is 3.53. The minimum atomic E-state index is -0.380. The molecular weight excluding hydrogens is 452 g/mol. The second kappa shape index (κ2) is 11.1. The third-order valence-corrected chi connectivity index (χ3v) is 6.75. The van der Waals surface area contributed by atoms with Crippen molar-refractivity contribution in [3.63, 3.8) is 0 Å². The maximum atomic E-state index is 13.0. The summed E-state index contributed by atoms with van der Waals surface area (Å²) in [7, 11) is 0. The fourth-order valence-corrected chi connectivity index (χ4v) is 4.86. The van der Waals surface area contributed by atoms with Gasteiger partial charge in [-0.2, -0.15) is 0 Å². The number of carbonyl (C=O) groups is 3. The van der Waals surface area contributed by atoms with Crippen LogP contribution in [0.15, 0.2) is 58.5 Å². The number of likely N-dealkylation sites (tertiary alicyclic amines) is 1. The van der Waals surface area contributed by atoms with Gasteiger partial charge in [0.2, 0.25) is 11.8 Å². The van der Waals surface area contributed by atoms with Crippen LogP contribution in [0.25, 0.3) is 0 Å². The molecule has 0 spiro atoms. The molecule has 8 nitrogen and oxygen atoms in total. The molecule has 0 saturated carbocycles. The van der Waals surface area contributed by atoms with Gasteiger partial charge in [0, 0.05) is 24.5 Å². The predicted molar refractivity (Wildman–Crippen MR) is 130 cm³/mol. The molecule has 2 N–H and O–H groups in total. The van der Waals surface area contributed by atoms with Crippen LogP contribution in [-0.2, 0) is 16.0 Å². The van der Waals surface area contributed by atoms with Crippen LogP contribution >= 0.6 is 11.3 Å². The van der Waals surface area contributed by atoms with Gasteiger partial charge in [-0.15, -0.1) is 11.3 Å². The van der Waals surface area contributed by atoms with Crippen LogP contribution in [0, 0.1) is 0 Å². The minimum absolute atomic E-state index is 0.0325. The summed E-state index contributed by atoms with van der Waals surface area (Å²) in [5, 5.41) is 7.90. The molecule has 1 atom stereocenters. The summed E-state index contributed by atoms with van der Waals surface area (Å²) in [6, 6.07) is 13.1. The largest absolute Gasteiger partial charge is 0.459 e. The maximum Gasteiger partial charge on any atom is 0.293 e. The summed E-state index contributed by atoms with van der Waals surface area (Å²) >= 11 is 1.26. The lowest BCUT2D eigenvalue weighted by Crippen LogP contribution is -2.48. The first kappa shape index (κ1) is 23.7. The number of furan rings is 1. The van der Waals surface area contributed by atoms with Gasteiger partial charge in [-0.25, -0.2) is 4.98 Å². The molecule has 3 aromatic rings. The first-order valence-corrected chi connectivity index (χ1v) is 12.3. The molecule has 2 aromatic heterocycles. The number of nitrogens with zero attached hydrogens (tertiary/aromatic N) is 2. The second-order valence-electron chi connectivity index (χ2n) is 8.29. The molecule has 0 radical (unpaired) electrons. The maximum absolute atomic E-state index is 13.0. The quantitative estimate of drug-likeness (QED) is 0.510. The van der Waals surface area contributed by atoms with Crippen LogP contribution in [0.3, 0.4) is 0 Å². The standard InChI is InChI=1S/C25H28N4O4S/c1-2-20(17-7-4-3-5-8-17)24(32)29-12-10-18(11-13-29)26-22(30)15-19-16-34-25(27-19)28-23(31)21-9-6-14-33-21/h3-9,14,16,18,20H,2,10-13,15H2,1H3,(H,26,30)(H,27,28,31). The molecule has 1 fully saturated rings. The Hall–Kier alpha value is -3.46. The molecule has 3 amide bonds. The molecule has 1 aliphatic rings. The number of carbonyl (C=O) groups excluding carboxylic acids is 3. The summed E-state index contributed by atoms with van der Waals surface area (Å²) < 4.78 is 5.06. The smallest absolute Gasteiger partial charge is 0.293 e. The number of piperidine rings is 1. The van der Waals surface area contributed by atoms with Crippen molar-refractivity contribution in [2.45, 2.75) is 44.6 Å². The number of rotatable bonds is 8. The SMILES string of the molecule is CCC(C(=O)N1CCC(NC(=O)Cc2csc(NC(=O)c3ccco3)n2)CC1)c1ccccc1. The number of hydrogen-bond donors (Lipinski definition) is 2. The van der Waals surface area contributed by atoms with Gasteiger partial charge in [-0.3, -0.25) is 19.7 Å². The monoisotopic (exact) mass is 480 g/mol. The van der Waals surface area contributed by atoms with E-state index in [1.54, 1.807) is 17.5 Å². The zero-order valence-corrected chi connectivity index (χ0v) is 19.8. The minimum Gasteiger partial charge on any atom is -0.459 e. The topological polar surface area (TPSA) is 105 Å². The van der Waals surface area contributed by atoms with Crippen LogP contribution in [0.2, 0.25) is 0 Å². The highest BCUT2D eigenvalue weighted by atomic mass is 32.1. The van der Waals surface area contributed by atoms with E-state index >= 15 is 0 Å². The lowest BCUT2D eigenvalue weighted by molar-refractivity contribution is -0.134. The highest BCUT2D eigenvalue weighted by Gasteiger charge is 2.28. The summed E-state index contributed by atoms with van der Waals surface area (Å²) in [5.41, 5.74) is 1.65. The summed E-state index contributed by atoms with van der Waals surface area (Å²) in [4.78, 5) is 43.8. The van der Waals surface area contributed by atoms with Crippen molar-refractivity contribution in [2.75, 3.05) is 18.4 Å². The van der Waals surface area contributed by atoms with E-state index < -0.39 is 0 Å². The summed E-state index contributed by atoms with van der Waals surface area (Å²) in [6.07, 6.45) is 3.78. The van der Waals surface area contributed by atoms with Crippen LogP contribution in [0.5, 0.6) is 0 Å². The van der Waals surface area contributed by atoms with Crippen molar-refractivity contribution < 1.29 is 18.8 Å². The third kappa shape index (κ3) is 5.91. The fourth-order valence-electron chi connectivity index (χ4n) is 4.16. The van der Waals surface area contributed by atoms with Crippen molar-refractivity contribution in [1.29, 1.82) is 0 Å². The molecule has 0 bridgehead atoms. The van der Waals surface area contributed by atoms with Gasteiger partial charge in [0.1, 0.15) is 0 Å². The molecule has 178 valence electrons. The molecule has 4 rings (SSSR count). The Morgan fingerprint density at radius 2 is 1.91 bits per heavy atom. The number of hydrogen-bond acceptors (Lipinski definition) is 6. The van der Waals surface area contributed by atoms with Gasteiger partial charge in [0.25, 0.3) is 5.91 Å². The van der Waals surface area contributed by atoms with E-state index in [0.29, 0.717) is 23.9 Å². The lowest BCUT2D eigenvalue weighted by atomic mass is 9.93. The highest BCUT2D eigenvalue weighted by molar-refractivity contribution is 7.14. The van der Waals surface area contributed by atoms with Crippen molar-refractivity contribution in [1.82, 2.24) is 15.2 Å². The van der Waals surface area contributed by atoms with E-state index in [9.17, 15) is 14.4 Å². The van der Waals surface area contributed by atoms with E-state index in [0.717, 1.165) is 24.8 Å². The Morgan fingerprint density at radius 3 is 2.59 bits per heavy atom. The van der Waals surface area contributed by atoms with E-state index in [1.807, 2.05) is 42.2 Å². The Morgan fingerprint density at radius 1 is 1.15 bits per heavy atom. The van der Waals surface area contributed by atoms with Crippen LogP contribution in [-0.4, -0.2) is 46.7 Å². The van der Waals surface area contributed by atoms with E-state index in [-0.39, 0.29) is 41.9 Å². The number of benzene rings is 1. The van der Waals surface area contributed by atoms with Crippen molar-refractivity contribution >= 4 is 34.2 Å². The molecular formula is C25H28N4O4S. The summed E-state index contributed by atoms with van der Waals surface area (Å²) in [5.74, 6) is -0.262.